The maximum absolute atomic E-state index is 11.4. The summed E-state index contributed by atoms with van der Waals surface area (Å²) in [6, 6.07) is 18.1. The lowest BCUT2D eigenvalue weighted by atomic mass is 10.1. The van der Waals surface area contributed by atoms with Gasteiger partial charge in [0.15, 0.2) is 5.96 Å². The summed E-state index contributed by atoms with van der Waals surface area (Å²) >= 11 is 0. The molecule has 2 aromatic rings. The van der Waals surface area contributed by atoms with Crippen LogP contribution in [0.2, 0.25) is 0 Å². The van der Waals surface area contributed by atoms with Crippen LogP contribution in [0.5, 0.6) is 0 Å². The van der Waals surface area contributed by atoms with Crippen molar-refractivity contribution in [1.29, 1.82) is 0 Å². The van der Waals surface area contributed by atoms with Crippen molar-refractivity contribution in [2.75, 3.05) is 19.6 Å². The molecule has 0 amide bonds. The van der Waals surface area contributed by atoms with Crippen LogP contribution in [0.3, 0.4) is 0 Å². The third-order valence-corrected chi connectivity index (χ3v) is 6.47. The molecule has 0 radical (unpaired) electrons. The van der Waals surface area contributed by atoms with Gasteiger partial charge in [0.2, 0.25) is 10.0 Å². The Morgan fingerprint density at radius 3 is 2.48 bits per heavy atom. The van der Waals surface area contributed by atoms with Gasteiger partial charge in [-0.05, 0) is 49.9 Å². The van der Waals surface area contributed by atoms with Crippen LogP contribution in [0.1, 0.15) is 31.4 Å². The van der Waals surface area contributed by atoms with Crippen molar-refractivity contribution in [2.24, 2.45) is 10.1 Å². The number of benzene rings is 2. The van der Waals surface area contributed by atoms with Crippen LogP contribution < -0.4 is 15.8 Å². The molecule has 2 atom stereocenters. The molecule has 4 N–H and O–H groups in total. The first-order chi connectivity index (χ1) is 14.8. The summed E-state index contributed by atoms with van der Waals surface area (Å²) in [6.45, 7) is 7.69. The predicted molar refractivity (Wildman–Crippen MR) is 125 cm³/mol. The zero-order chi connectivity index (χ0) is 22.3. The van der Waals surface area contributed by atoms with Gasteiger partial charge in [0.1, 0.15) is 0 Å². The van der Waals surface area contributed by atoms with Gasteiger partial charge < -0.3 is 10.6 Å². The Balaban J connectivity index is 1.53. The number of aliphatic imine (C=N–C) groups is 1. The molecule has 0 saturated carbocycles. The van der Waals surface area contributed by atoms with E-state index in [0.29, 0.717) is 18.6 Å². The van der Waals surface area contributed by atoms with E-state index in [1.165, 1.54) is 5.56 Å². The highest BCUT2D eigenvalue weighted by Gasteiger charge is 2.29. The van der Waals surface area contributed by atoms with E-state index in [9.17, 15) is 8.42 Å². The molecule has 0 bridgehead atoms. The van der Waals surface area contributed by atoms with E-state index in [-0.39, 0.29) is 4.90 Å². The topological polar surface area (TPSA) is 99.8 Å². The van der Waals surface area contributed by atoms with Gasteiger partial charge in [-0.1, -0.05) is 42.5 Å². The molecule has 2 aromatic carbocycles. The lowest BCUT2D eigenvalue weighted by molar-refractivity contribution is 0.258. The molecule has 8 heteroatoms. The summed E-state index contributed by atoms with van der Waals surface area (Å²) in [7, 11) is -3.65. The highest BCUT2D eigenvalue weighted by Crippen LogP contribution is 2.20. The molecule has 1 saturated heterocycles. The Morgan fingerprint density at radius 2 is 1.84 bits per heavy atom. The first-order valence-electron chi connectivity index (χ1n) is 10.8. The quantitative estimate of drug-likeness (QED) is 0.429. The van der Waals surface area contributed by atoms with Crippen LogP contribution in [-0.2, 0) is 23.0 Å². The van der Waals surface area contributed by atoms with Gasteiger partial charge in [-0.3, -0.25) is 9.89 Å². The molecule has 0 spiro atoms. The van der Waals surface area contributed by atoms with Crippen LogP contribution in [-0.4, -0.2) is 51.0 Å². The van der Waals surface area contributed by atoms with Crippen molar-refractivity contribution < 1.29 is 8.42 Å². The van der Waals surface area contributed by atoms with Crippen LogP contribution in [0.25, 0.3) is 0 Å². The SMILES string of the molecule is CCNC(=NCCc1ccc(S(N)(=O)=O)cc1)NC1CC(C)N(Cc2ccccc2)C1. The Bertz CT molecular complexity index is 961. The zero-order valence-electron chi connectivity index (χ0n) is 18.3. The Morgan fingerprint density at radius 1 is 1.13 bits per heavy atom. The molecule has 168 valence electrons. The molecule has 1 aliphatic heterocycles. The highest BCUT2D eigenvalue weighted by molar-refractivity contribution is 7.89. The van der Waals surface area contributed by atoms with Crippen LogP contribution in [0.15, 0.2) is 64.5 Å². The van der Waals surface area contributed by atoms with Crippen molar-refractivity contribution in [3.05, 3.63) is 65.7 Å². The minimum absolute atomic E-state index is 0.130. The number of hydrogen-bond donors (Lipinski definition) is 3. The van der Waals surface area contributed by atoms with E-state index in [2.05, 4.69) is 59.7 Å². The molecule has 0 aliphatic carbocycles. The van der Waals surface area contributed by atoms with Gasteiger partial charge in [-0.15, -0.1) is 0 Å². The fraction of sp³-hybridized carbons (Fsp3) is 0.435. The minimum atomic E-state index is -3.65. The third kappa shape index (κ3) is 7.05. The van der Waals surface area contributed by atoms with Crippen LogP contribution >= 0.6 is 0 Å². The molecule has 1 heterocycles. The number of likely N-dealkylation sites (tertiary alicyclic amines) is 1. The van der Waals surface area contributed by atoms with E-state index in [0.717, 1.165) is 44.0 Å². The predicted octanol–water partition coefficient (Wildman–Crippen LogP) is 2.09. The summed E-state index contributed by atoms with van der Waals surface area (Å²) in [5.41, 5.74) is 2.36. The Kier molecular flexibility index (Phi) is 8.06. The smallest absolute Gasteiger partial charge is 0.238 e. The minimum Gasteiger partial charge on any atom is -0.357 e. The van der Waals surface area contributed by atoms with Gasteiger partial charge in [0.05, 0.1) is 4.90 Å². The average molecular weight is 444 g/mol. The summed E-state index contributed by atoms with van der Waals surface area (Å²) < 4.78 is 22.7. The van der Waals surface area contributed by atoms with Crippen LogP contribution in [0, 0.1) is 0 Å². The second-order valence-electron chi connectivity index (χ2n) is 8.04. The molecule has 31 heavy (non-hydrogen) atoms. The lowest BCUT2D eigenvalue weighted by Gasteiger charge is -2.21. The fourth-order valence-corrected chi connectivity index (χ4v) is 4.41. The number of nitrogens with zero attached hydrogens (tertiary/aromatic N) is 2. The summed E-state index contributed by atoms with van der Waals surface area (Å²) in [5.74, 6) is 0.822. The molecular weight excluding hydrogens is 410 g/mol. The average Bonchev–Trinajstić information content (AvgIpc) is 3.07. The van der Waals surface area contributed by atoms with E-state index < -0.39 is 10.0 Å². The number of nitrogens with one attached hydrogen (secondary N) is 2. The number of primary sulfonamides is 1. The normalized spacial score (nSPS) is 20.0. The van der Waals surface area contributed by atoms with Gasteiger partial charge >= 0.3 is 0 Å². The van der Waals surface area contributed by atoms with Gasteiger partial charge in [0.25, 0.3) is 0 Å². The summed E-state index contributed by atoms with van der Waals surface area (Å²) in [5, 5.41) is 12.1. The molecule has 1 fully saturated rings. The number of nitrogens with two attached hydrogens (primary N) is 1. The number of rotatable bonds is 8. The van der Waals surface area contributed by atoms with E-state index in [1.807, 2.05) is 0 Å². The zero-order valence-corrected chi connectivity index (χ0v) is 19.1. The van der Waals surface area contributed by atoms with Gasteiger partial charge in [-0.25, -0.2) is 13.6 Å². The van der Waals surface area contributed by atoms with Crippen molar-refractivity contribution >= 4 is 16.0 Å². The number of sulfonamides is 1. The second-order valence-corrected chi connectivity index (χ2v) is 9.60. The van der Waals surface area contributed by atoms with Gasteiger partial charge in [0, 0.05) is 38.3 Å². The Labute approximate surface area is 185 Å². The van der Waals surface area contributed by atoms with Crippen molar-refractivity contribution in [2.45, 2.75) is 50.2 Å². The second kappa shape index (κ2) is 10.7. The number of hydrogen-bond acceptors (Lipinski definition) is 4. The summed E-state index contributed by atoms with van der Waals surface area (Å²) in [4.78, 5) is 7.34. The van der Waals surface area contributed by atoms with Crippen molar-refractivity contribution in [1.82, 2.24) is 15.5 Å². The van der Waals surface area contributed by atoms with E-state index in [1.54, 1.807) is 24.3 Å². The van der Waals surface area contributed by atoms with Crippen molar-refractivity contribution in [3.8, 4) is 0 Å². The number of guanidine groups is 1. The standard InChI is InChI=1S/C23H33N5O2S/c1-3-25-23(26-14-13-19-9-11-22(12-10-19)31(24,29)30)27-21-15-18(2)28(17-21)16-20-7-5-4-6-8-20/h4-12,18,21H,3,13-17H2,1-2H3,(H2,24,29,30)(H2,25,26,27). The first kappa shape index (κ1) is 23.2. The van der Waals surface area contributed by atoms with Crippen molar-refractivity contribution in [3.63, 3.8) is 0 Å². The van der Waals surface area contributed by atoms with Crippen LogP contribution in [0.4, 0.5) is 0 Å². The molecule has 0 aromatic heterocycles. The monoisotopic (exact) mass is 443 g/mol. The van der Waals surface area contributed by atoms with Gasteiger partial charge in [-0.2, -0.15) is 0 Å². The molecule has 7 nitrogen and oxygen atoms in total. The summed E-state index contributed by atoms with van der Waals surface area (Å²) in [6.07, 6.45) is 1.80. The fourth-order valence-electron chi connectivity index (χ4n) is 3.90. The van der Waals surface area contributed by atoms with E-state index >= 15 is 0 Å². The maximum atomic E-state index is 11.4. The molecule has 1 aliphatic rings. The molecular formula is C23H33N5O2S. The lowest BCUT2D eigenvalue weighted by Crippen LogP contribution is -2.44. The largest absolute Gasteiger partial charge is 0.357 e. The molecule has 3 rings (SSSR count). The van der Waals surface area contributed by atoms with E-state index in [4.69, 9.17) is 10.1 Å². The maximum Gasteiger partial charge on any atom is 0.238 e. The third-order valence-electron chi connectivity index (χ3n) is 5.54. The molecule has 2 unspecified atom stereocenters. The first-order valence-corrected chi connectivity index (χ1v) is 12.3. The Hall–Kier alpha value is -2.42. The highest BCUT2D eigenvalue weighted by atomic mass is 32.2.